The molecule has 0 bridgehead atoms. The van der Waals surface area contributed by atoms with Crippen molar-refractivity contribution >= 4 is 29.9 Å². The fourth-order valence-corrected chi connectivity index (χ4v) is 3.35. The third kappa shape index (κ3) is 12.0. The zero-order chi connectivity index (χ0) is 17.6. The molecule has 1 saturated heterocycles. The molecule has 1 rings (SSSR count). The van der Waals surface area contributed by atoms with Gasteiger partial charge in [-0.1, -0.05) is 26.7 Å². The number of aliphatic imine (C=N–C) groups is 1. The lowest BCUT2D eigenvalue weighted by Gasteiger charge is -2.23. The molecule has 0 radical (unpaired) electrons. The number of hydrogen-bond acceptors (Lipinski definition) is 3. The highest BCUT2D eigenvalue weighted by molar-refractivity contribution is 14.0. The predicted octanol–water partition coefficient (Wildman–Crippen LogP) is 3.16. The van der Waals surface area contributed by atoms with Gasteiger partial charge in [-0.3, -0.25) is 4.99 Å². The molecule has 150 valence electrons. The van der Waals surface area contributed by atoms with E-state index in [1.165, 1.54) is 58.2 Å². The average molecular weight is 467 g/mol. The van der Waals surface area contributed by atoms with Crippen LogP contribution in [0.3, 0.4) is 0 Å². The lowest BCUT2D eigenvalue weighted by Crippen LogP contribution is -2.45. The van der Waals surface area contributed by atoms with E-state index in [-0.39, 0.29) is 24.0 Å². The molecule has 25 heavy (non-hydrogen) atoms. The Hall–Kier alpha value is -0.0800. The SMILES string of the molecule is CCN(CC)CCCC(C)NC(=NC)NCCN1CCCCCC1.I. The van der Waals surface area contributed by atoms with Crippen LogP contribution in [0.5, 0.6) is 0 Å². The second kappa shape index (κ2) is 16.1. The molecular weight excluding hydrogens is 425 g/mol. The molecule has 6 heteroatoms. The van der Waals surface area contributed by atoms with Crippen LogP contribution in [0, 0.1) is 0 Å². The van der Waals surface area contributed by atoms with E-state index < -0.39 is 0 Å². The van der Waals surface area contributed by atoms with Crippen molar-refractivity contribution in [3.8, 4) is 0 Å². The van der Waals surface area contributed by atoms with Gasteiger partial charge in [0.2, 0.25) is 0 Å². The Morgan fingerprint density at radius 1 is 1.12 bits per heavy atom. The first-order chi connectivity index (χ1) is 11.7. The summed E-state index contributed by atoms with van der Waals surface area (Å²) in [6, 6.07) is 0.463. The van der Waals surface area contributed by atoms with Crippen molar-refractivity contribution < 1.29 is 0 Å². The van der Waals surface area contributed by atoms with Crippen LogP contribution in [0.15, 0.2) is 4.99 Å². The monoisotopic (exact) mass is 467 g/mol. The highest BCUT2D eigenvalue weighted by Gasteiger charge is 2.10. The average Bonchev–Trinajstić information content (AvgIpc) is 2.86. The van der Waals surface area contributed by atoms with E-state index >= 15 is 0 Å². The smallest absolute Gasteiger partial charge is 0.191 e. The molecule has 0 amide bonds. The van der Waals surface area contributed by atoms with E-state index in [2.05, 4.69) is 46.2 Å². The molecule has 0 aliphatic carbocycles. The summed E-state index contributed by atoms with van der Waals surface area (Å²) < 4.78 is 0. The molecular formula is C19H42IN5. The molecule has 5 nitrogen and oxygen atoms in total. The van der Waals surface area contributed by atoms with Crippen LogP contribution in [0.25, 0.3) is 0 Å². The zero-order valence-electron chi connectivity index (χ0n) is 17.0. The topological polar surface area (TPSA) is 42.9 Å². The summed E-state index contributed by atoms with van der Waals surface area (Å²) >= 11 is 0. The summed E-state index contributed by atoms with van der Waals surface area (Å²) in [7, 11) is 1.86. The van der Waals surface area contributed by atoms with Crippen LogP contribution in [0.2, 0.25) is 0 Å². The van der Waals surface area contributed by atoms with Crippen LogP contribution < -0.4 is 10.6 Å². The van der Waals surface area contributed by atoms with Gasteiger partial charge in [0.25, 0.3) is 0 Å². The highest BCUT2D eigenvalue weighted by Crippen LogP contribution is 2.08. The lowest BCUT2D eigenvalue weighted by molar-refractivity contribution is 0.288. The summed E-state index contributed by atoms with van der Waals surface area (Å²) in [6.45, 7) is 14.8. The third-order valence-electron chi connectivity index (χ3n) is 5.03. The van der Waals surface area contributed by atoms with Gasteiger partial charge in [0.1, 0.15) is 0 Å². The Balaban J connectivity index is 0.00000576. The van der Waals surface area contributed by atoms with E-state index in [1.807, 2.05) is 7.05 Å². The van der Waals surface area contributed by atoms with Gasteiger partial charge in [0.05, 0.1) is 0 Å². The van der Waals surface area contributed by atoms with Crippen LogP contribution in [0.4, 0.5) is 0 Å². The van der Waals surface area contributed by atoms with Gasteiger partial charge >= 0.3 is 0 Å². The first kappa shape index (κ1) is 24.9. The van der Waals surface area contributed by atoms with Gasteiger partial charge in [-0.05, 0) is 65.3 Å². The van der Waals surface area contributed by atoms with E-state index in [1.54, 1.807) is 0 Å². The number of guanidine groups is 1. The molecule has 0 aromatic rings. The number of halogens is 1. The fraction of sp³-hybridized carbons (Fsp3) is 0.947. The number of nitrogens with zero attached hydrogens (tertiary/aromatic N) is 3. The molecule has 0 spiro atoms. The quantitative estimate of drug-likeness (QED) is 0.294. The van der Waals surface area contributed by atoms with Crippen LogP contribution in [0.1, 0.15) is 59.3 Å². The van der Waals surface area contributed by atoms with Gasteiger partial charge in [-0.2, -0.15) is 0 Å². The van der Waals surface area contributed by atoms with Gasteiger partial charge in [-0.25, -0.2) is 0 Å². The largest absolute Gasteiger partial charge is 0.355 e. The maximum Gasteiger partial charge on any atom is 0.191 e. The second-order valence-electron chi connectivity index (χ2n) is 6.97. The molecule has 2 N–H and O–H groups in total. The van der Waals surface area contributed by atoms with Crippen molar-refractivity contribution in [3.05, 3.63) is 0 Å². The molecule has 0 aromatic carbocycles. The Kier molecular flexibility index (Phi) is 16.1. The van der Waals surface area contributed by atoms with Gasteiger partial charge < -0.3 is 20.4 Å². The fourth-order valence-electron chi connectivity index (χ4n) is 3.35. The van der Waals surface area contributed by atoms with Crippen LogP contribution >= 0.6 is 24.0 Å². The summed E-state index contributed by atoms with van der Waals surface area (Å²) in [5, 5.41) is 7.00. The van der Waals surface area contributed by atoms with Gasteiger partial charge in [0.15, 0.2) is 5.96 Å². The third-order valence-corrected chi connectivity index (χ3v) is 5.03. The number of likely N-dealkylation sites (tertiary alicyclic amines) is 1. The van der Waals surface area contributed by atoms with Crippen molar-refractivity contribution in [1.82, 2.24) is 20.4 Å². The van der Waals surface area contributed by atoms with Gasteiger partial charge in [0, 0.05) is 26.2 Å². The van der Waals surface area contributed by atoms with Gasteiger partial charge in [-0.15, -0.1) is 24.0 Å². The maximum atomic E-state index is 4.37. The summed E-state index contributed by atoms with van der Waals surface area (Å²) in [4.78, 5) is 9.44. The van der Waals surface area contributed by atoms with Crippen molar-refractivity contribution in [2.75, 3.05) is 52.9 Å². The van der Waals surface area contributed by atoms with Crippen molar-refractivity contribution in [2.24, 2.45) is 4.99 Å². The molecule has 1 heterocycles. The normalized spacial score (nSPS) is 17.7. The van der Waals surface area contributed by atoms with Crippen LogP contribution in [-0.4, -0.2) is 74.7 Å². The highest BCUT2D eigenvalue weighted by atomic mass is 127. The Bertz CT molecular complexity index is 326. The van der Waals surface area contributed by atoms with E-state index in [0.29, 0.717) is 6.04 Å². The summed E-state index contributed by atoms with van der Waals surface area (Å²) in [5.41, 5.74) is 0. The van der Waals surface area contributed by atoms with Crippen LogP contribution in [-0.2, 0) is 0 Å². The Morgan fingerprint density at radius 2 is 1.76 bits per heavy atom. The summed E-state index contributed by atoms with van der Waals surface area (Å²) in [6.07, 6.45) is 7.94. The second-order valence-corrected chi connectivity index (χ2v) is 6.97. The van der Waals surface area contributed by atoms with E-state index in [9.17, 15) is 0 Å². The zero-order valence-corrected chi connectivity index (χ0v) is 19.3. The molecule has 1 atom stereocenters. The van der Waals surface area contributed by atoms with E-state index in [4.69, 9.17) is 0 Å². The Labute approximate surface area is 173 Å². The number of hydrogen-bond donors (Lipinski definition) is 2. The minimum absolute atomic E-state index is 0. The molecule has 1 aliphatic rings. The lowest BCUT2D eigenvalue weighted by atomic mass is 10.2. The van der Waals surface area contributed by atoms with Crippen molar-refractivity contribution in [2.45, 2.75) is 65.3 Å². The van der Waals surface area contributed by atoms with E-state index in [0.717, 1.165) is 32.1 Å². The molecule has 1 unspecified atom stereocenters. The van der Waals surface area contributed by atoms with Crippen molar-refractivity contribution in [1.29, 1.82) is 0 Å². The maximum absolute atomic E-state index is 4.37. The molecule has 1 aliphatic heterocycles. The Morgan fingerprint density at radius 3 is 2.32 bits per heavy atom. The van der Waals surface area contributed by atoms with Crippen molar-refractivity contribution in [3.63, 3.8) is 0 Å². The molecule has 1 fully saturated rings. The first-order valence-corrected chi connectivity index (χ1v) is 10.1. The molecule has 0 saturated carbocycles. The predicted molar refractivity (Wildman–Crippen MR) is 121 cm³/mol. The first-order valence-electron chi connectivity index (χ1n) is 10.1. The standard InChI is InChI=1S/C19H41N5.HI/c1-5-23(6-2)16-11-12-18(3)22-19(20-4)21-13-17-24-14-9-7-8-10-15-24;/h18H,5-17H2,1-4H3,(H2,20,21,22);1H. The minimum Gasteiger partial charge on any atom is -0.355 e. The minimum atomic E-state index is 0. The molecule has 0 aromatic heterocycles. The summed E-state index contributed by atoms with van der Waals surface area (Å²) in [5.74, 6) is 0.945. The number of nitrogens with one attached hydrogen (secondary N) is 2. The number of rotatable bonds is 10.